The van der Waals surface area contributed by atoms with Crippen LogP contribution in [-0.2, 0) is 6.42 Å². The van der Waals surface area contributed by atoms with Gasteiger partial charge in [-0.05, 0) is 34.5 Å². The molecule has 0 saturated carbocycles. The first-order valence-corrected chi connectivity index (χ1v) is 6.21. The van der Waals surface area contributed by atoms with Gasteiger partial charge in [-0.25, -0.2) is 8.78 Å². The van der Waals surface area contributed by atoms with Crippen molar-refractivity contribution in [1.82, 2.24) is 15.6 Å². The molecule has 8 heteroatoms. The highest BCUT2D eigenvalue weighted by molar-refractivity contribution is 9.10. The maximum Gasteiger partial charge on any atom is 0.143 e. The normalized spacial score (nSPS) is 12.6. The molecule has 1 atom stereocenters. The molecule has 0 amide bonds. The molecule has 0 aliphatic heterocycles. The van der Waals surface area contributed by atoms with Crippen LogP contribution in [0.2, 0.25) is 0 Å². The highest BCUT2D eigenvalue weighted by Crippen LogP contribution is 2.27. The third-order valence-electron chi connectivity index (χ3n) is 2.82. The van der Waals surface area contributed by atoms with Crippen molar-refractivity contribution in [2.45, 2.75) is 12.5 Å². The van der Waals surface area contributed by atoms with E-state index in [9.17, 15) is 8.78 Å². The average Bonchev–Trinajstić information content (AvgIpc) is 2.81. The number of anilines is 1. The molecule has 0 fully saturated rings. The summed E-state index contributed by atoms with van der Waals surface area (Å²) >= 11 is 3.02. The first-order chi connectivity index (χ1) is 9.04. The molecule has 1 aromatic heterocycles. The molecule has 2 rings (SSSR count). The second-order valence-corrected chi connectivity index (χ2v) is 4.84. The van der Waals surface area contributed by atoms with Crippen LogP contribution < -0.4 is 17.0 Å². The average molecular weight is 332 g/mol. The third kappa shape index (κ3) is 2.75. The maximum absolute atomic E-state index is 13.9. The third-order valence-corrected chi connectivity index (χ3v) is 3.44. The van der Waals surface area contributed by atoms with Crippen molar-refractivity contribution in [2.24, 2.45) is 5.84 Å². The summed E-state index contributed by atoms with van der Waals surface area (Å²) in [5.74, 6) is 4.43. The van der Waals surface area contributed by atoms with Crippen molar-refractivity contribution in [1.29, 1.82) is 0 Å². The van der Waals surface area contributed by atoms with Gasteiger partial charge in [0.15, 0.2) is 0 Å². The predicted molar refractivity (Wildman–Crippen MR) is 70.8 cm³/mol. The number of nitrogen functional groups attached to an aromatic ring is 1. The van der Waals surface area contributed by atoms with Crippen LogP contribution in [0.4, 0.5) is 14.6 Å². The van der Waals surface area contributed by atoms with Gasteiger partial charge in [-0.2, -0.15) is 5.10 Å². The van der Waals surface area contributed by atoms with Gasteiger partial charge in [0.1, 0.15) is 17.5 Å². The predicted octanol–water partition coefficient (Wildman–Crippen LogP) is 1.78. The lowest BCUT2D eigenvalue weighted by Crippen LogP contribution is -2.30. The zero-order valence-corrected chi connectivity index (χ0v) is 11.3. The number of hydrogen-bond donors (Lipinski definition) is 4. The molecule has 1 heterocycles. The van der Waals surface area contributed by atoms with Gasteiger partial charge >= 0.3 is 0 Å². The Morgan fingerprint density at radius 3 is 2.74 bits per heavy atom. The van der Waals surface area contributed by atoms with Gasteiger partial charge in [0, 0.05) is 11.1 Å². The zero-order valence-electron chi connectivity index (χ0n) is 9.75. The monoisotopic (exact) mass is 331 g/mol. The molecule has 2 aromatic rings. The maximum atomic E-state index is 13.9. The van der Waals surface area contributed by atoms with E-state index in [2.05, 4.69) is 31.6 Å². The summed E-state index contributed by atoms with van der Waals surface area (Å²) in [5.41, 5.74) is 8.63. The summed E-state index contributed by atoms with van der Waals surface area (Å²) in [6.45, 7) is 0. The number of aromatic nitrogens is 2. The van der Waals surface area contributed by atoms with E-state index in [1.54, 1.807) is 0 Å². The van der Waals surface area contributed by atoms with Crippen LogP contribution in [0.5, 0.6) is 0 Å². The second kappa shape index (κ2) is 5.64. The quantitative estimate of drug-likeness (QED) is 0.390. The number of hydrazine groups is 1. The fraction of sp³-hybridized carbons (Fsp3) is 0.182. The lowest BCUT2D eigenvalue weighted by atomic mass is 10.0. The van der Waals surface area contributed by atoms with Crippen molar-refractivity contribution in [3.63, 3.8) is 0 Å². The first-order valence-electron chi connectivity index (χ1n) is 5.41. The van der Waals surface area contributed by atoms with Crippen molar-refractivity contribution < 1.29 is 8.78 Å². The van der Waals surface area contributed by atoms with E-state index >= 15 is 0 Å². The molecule has 102 valence electrons. The van der Waals surface area contributed by atoms with Crippen LogP contribution in [-0.4, -0.2) is 10.2 Å². The fourth-order valence-corrected chi connectivity index (χ4v) is 2.17. The summed E-state index contributed by atoms with van der Waals surface area (Å²) in [4.78, 5) is 0. The van der Waals surface area contributed by atoms with Gasteiger partial charge in [-0.15, -0.1) is 0 Å². The molecule has 1 aromatic carbocycles. The van der Waals surface area contributed by atoms with Crippen LogP contribution in [0.15, 0.2) is 22.8 Å². The van der Waals surface area contributed by atoms with E-state index in [4.69, 9.17) is 11.6 Å². The molecular formula is C11H12BrF2N5. The molecule has 0 saturated heterocycles. The summed E-state index contributed by atoms with van der Waals surface area (Å²) < 4.78 is 27.8. The summed E-state index contributed by atoms with van der Waals surface area (Å²) in [6.07, 6.45) is 1.48. The Balaban J connectivity index is 2.34. The summed E-state index contributed by atoms with van der Waals surface area (Å²) in [5, 5.41) is 6.30. The number of nitrogens with zero attached hydrogens (tertiary/aromatic N) is 1. The van der Waals surface area contributed by atoms with Gasteiger partial charge in [-0.3, -0.25) is 16.4 Å². The van der Waals surface area contributed by atoms with E-state index in [-0.39, 0.29) is 16.5 Å². The van der Waals surface area contributed by atoms with Crippen LogP contribution in [0.25, 0.3) is 0 Å². The number of benzene rings is 1. The molecule has 1 unspecified atom stereocenters. The van der Waals surface area contributed by atoms with E-state index < -0.39 is 17.7 Å². The van der Waals surface area contributed by atoms with Crippen molar-refractivity contribution in [3.8, 4) is 0 Å². The first kappa shape index (κ1) is 13.9. The molecule has 0 bridgehead atoms. The van der Waals surface area contributed by atoms with Gasteiger partial charge < -0.3 is 5.73 Å². The van der Waals surface area contributed by atoms with Crippen LogP contribution in [0.3, 0.4) is 0 Å². The topological polar surface area (TPSA) is 92.7 Å². The summed E-state index contributed by atoms with van der Waals surface area (Å²) in [7, 11) is 0. The molecule has 6 N–H and O–H groups in total. The zero-order chi connectivity index (χ0) is 14.0. The molecular weight excluding hydrogens is 320 g/mol. The molecule has 5 nitrogen and oxygen atoms in total. The number of hydrogen-bond acceptors (Lipinski definition) is 4. The van der Waals surface area contributed by atoms with Crippen molar-refractivity contribution in [2.75, 3.05) is 5.73 Å². The Morgan fingerprint density at radius 1 is 1.42 bits per heavy atom. The minimum atomic E-state index is -0.651. The van der Waals surface area contributed by atoms with Gasteiger partial charge in [-0.1, -0.05) is 0 Å². The molecule has 0 aliphatic rings. The Kier molecular flexibility index (Phi) is 4.13. The van der Waals surface area contributed by atoms with Crippen LogP contribution >= 0.6 is 15.9 Å². The van der Waals surface area contributed by atoms with Gasteiger partial charge in [0.05, 0.1) is 16.7 Å². The number of halogens is 3. The van der Waals surface area contributed by atoms with E-state index in [0.717, 1.165) is 0 Å². The van der Waals surface area contributed by atoms with E-state index in [1.807, 2.05) is 0 Å². The van der Waals surface area contributed by atoms with Crippen molar-refractivity contribution in [3.05, 3.63) is 45.6 Å². The minimum Gasteiger partial charge on any atom is -0.384 e. The Morgan fingerprint density at radius 2 is 2.16 bits per heavy atom. The molecule has 19 heavy (non-hydrogen) atoms. The standard InChI is InChI=1S/C11H12BrF2N5/c12-7-1-2-8(13)5(10(7)14)3-9(18-16)6-4-17-19-11(6)15/h1-2,4,9,18H,3,16H2,(H3,15,17,19). The Hall–Kier alpha value is -1.51. The number of H-pyrrole nitrogens is 1. The smallest absolute Gasteiger partial charge is 0.143 e. The highest BCUT2D eigenvalue weighted by atomic mass is 79.9. The lowest BCUT2D eigenvalue weighted by Gasteiger charge is -2.16. The summed E-state index contributed by atoms with van der Waals surface area (Å²) in [6, 6.07) is 1.96. The van der Waals surface area contributed by atoms with E-state index in [1.165, 1.54) is 18.3 Å². The van der Waals surface area contributed by atoms with Crippen LogP contribution in [0.1, 0.15) is 17.2 Å². The number of rotatable bonds is 4. The minimum absolute atomic E-state index is 0.0112. The number of nitrogens with one attached hydrogen (secondary N) is 2. The number of nitrogens with two attached hydrogens (primary N) is 2. The molecule has 0 radical (unpaired) electrons. The van der Waals surface area contributed by atoms with E-state index in [0.29, 0.717) is 11.4 Å². The van der Waals surface area contributed by atoms with Gasteiger partial charge in [0.2, 0.25) is 0 Å². The van der Waals surface area contributed by atoms with Crippen molar-refractivity contribution >= 4 is 21.7 Å². The Labute approximate surface area is 116 Å². The second-order valence-electron chi connectivity index (χ2n) is 3.98. The van der Waals surface area contributed by atoms with Crippen LogP contribution in [0, 0.1) is 11.6 Å². The SMILES string of the molecule is NNC(Cc1c(F)ccc(Br)c1F)c1cn[nH]c1N. The van der Waals surface area contributed by atoms with Gasteiger partial charge in [0.25, 0.3) is 0 Å². The number of aromatic amines is 1. The lowest BCUT2D eigenvalue weighted by molar-refractivity contribution is 0.498. The molecule has 0 spiro atoms. The largest absolute Gasteiger partial charge is 0.384 e. The fourth-order valence-electron chi connectivity index (χ4n) is 1.80. The molecule has 0 aliphatic carbocycles. The highest BCUT2D eigenvalue weighted by Gasteiger charge is 2.20. The Bertz CT molecular complexity index is 586.